The van der Waals surface area contributed by atoms with E-state index in [1.165, 1.54) is 12.1 Å². The summed E-state index contributed by atoms with van der Waals surface area (Å²) < 4.78 is 14.2. The number of hydrogen-bond acceptors (Lipinski definition) is 3. The third kappa shape index (κ3) is 3.20. The second kappa shape index (κ2) is 5.44. The molecule has 1 N–H and O–H groups in total. The van der Waals surface area contributed by atoms with E-state index in [0.717, 1.165) is 15.3 Å². The quantitative estimate of drug-likeness (QED) is 0.558. The van der Waals surface area contributed by atoms with E-state index >= 15 is 0 Å². The van der Waals surface area contributed by atoms with Gasteiger partial charge in [-0.3, -0.25) is 0 Å². The van der Waals surface area contributed by atoms with Crippen molar-refractivity contribution in [2.24, 2.45) is 0 Å². The molecule has 1 aromatic heterocycles. The normalized spacial score (nSPS) is 11.7. The molecule has 1 heterocycles. The van der Waals surface area contributed by atoms with E-state index in [-0.39, 0.29) is 11.2 Å². The van der Waals surface area contributed by atoms with Crippen LogP contribution in [0.25, 0.3) is 11.4 Å². The summed E-state index contributed by atoms with van der Waals surface area (Å²) in [4.78, 5) is 8.64. The Hall–Kier alpha value is -0.950. The highest BCUT2D eigenvalue weighted by Crippen LogP contribution is 2.32. The largest absolute Gasteiger partial charge is 0.508 e. The molecule has 106 valence electrons. The fourth-order valence-electron chi connectivity index (χ4n) is 1.75. The van der Waals surface area contributed by atoms with Crippen molar-refractivity contribution in [3.8, 4) is 17.1 Å². The maximum Gasteiger partial charge on any atom is 0.161 e. The molecule has 2 aromatic rings. The van der Waals surface area contributed by atoms with Gasteiger partial charge in [-0.25, -0.2) is 14.4 Å². The maximum absolute atomic E-state index is 13.4. The van der Waals surface area contributed by atoms with Gasteiger partial charge in [0.1, 0.15) is 16.7 Å². The van der Waals surface area contributed by atoms with Crippen LogP contribution in [0, 0.1) is 9.39 Å². The smallest absolute Gasteiger partial charge is 0.161 e. The van der Waals surface area contributed by atoms with Crippen molar-refractivity contribution in [1.82, 2.24) is 9.97 Å². The molecule has 0 amide bonds. The first-order valence-corrected chi connectivity index (χ1v) is 7.37. The van der Waals surface area contributed by atoms with Gasteiger partial charge in [0.2, 0.25) is 0 Å². The van der Waals surface area contributed by atoms with Crippen molar-refractivity contribution in [2.45, 2.75) is 26.2 Å². The lowest BCUT2D eigenvalue weighted by Gasteiger charge is -2.20. The summed E-state index contributed by atoms with van der Waals surface area (Å²) in [6, 6.07) is 3.71. The second-order valence-corrected chi connectivity index (χ2v) is 6.89. The van der Waals surface area contributed by atoms with E-state index in [4.69, 9.17) is 11.6 Å². The fourth-order valence-corrected chi connectivity index (χ4v) is 2.97. The van der Waals surface area contributed by atoms with Crippen LogP contribution in [0.15, 0.2) is 18.2 Å². The Morgan fingerprint density at radius 1 is 1.20 bits per heavy atom. The molecule has 3 nitrogen and oxygen atoms in total. The minimum atomic E-state index is -0.546. The molecular weight excluding hydrogens is 394 g/mol. The molecule has 0 aliphatic rings. The predicted molar refractivity (Wildman–Crippen MR) is 85.5 cm³/mol. The third-order valence-corrected chi connectivity index (χ3v) is 4.28. The minimum absolute atomic E-state index is 0.171. The Balaban J connectivity index is 2.67. The Bertz CT molecular complexity index is 651. The summed E-state index contributed by atoms with van der Waals surface area (Å²) in [5, 5.41) is 9.80. The second-order valence-electron chi connectivity index (χ2n) is 5.45. The first-order chi connectivity index (χ1) is 9.18. The zero-order valence-electron chi connectivity index (χ0n) is 11.2. The van der Waals surface area contributed by atoms with E-state index in [1.807, 2.05) is 20.8 Å². The molecule has 0 saturated carbocycles. The van der Waals surface area contributed by atoms with Gasteiger partial charge in [-0.15, -0.1) is 0 Å². The van der Waals surface area contributed by atoms with Gasteiger partial charge in [-0.1, -0.05) is 32.4 Å². The van der Waals surface area contributed by atoms with Crippen LogP contribution < -0.4 is 0 Å². The molecule has 20 heavy (non-hydrogen) atoms. The van der Waals surface area contributed by atoms with Crippen LogP contribution in [0.1, 0.15) is 26.5 Å². The Labute approximate surface area is 135 Å². The van der Waals surface area contributed by atoms with Gasteiger partial charge < -0.3 is 5.11 Å². The lowest BCUT2D eigenvalue weighted by atomic mass is 9.92. The average molecular weight is 407 g/mol. The lowest BCUT2D eigenvalue weighted by Crippen LogP contribution is -2.17. The van der Waals surface area contributed by atoms with E-state index in [1.54, 1.807) is 0 Å². The first-order valence-electron chi connectivity index (χ1n) is 5.92. The molecule has 0 saturated heterocycles. The molecule has 0 aliphatic carbocycles. The standard InChI is InChI=1S/C14H13ClFIN2O/c1-14(2,3)11-10(17)12(15)19-13(18-11)7-4-8(16)6-9(20)5-7/h4-6,20H,1-3H3. The number of hydrogen-bond donors (Lipinski definition) is 1. The maximum atomic E-state index is 13.4. The summed E-state index contributed by atoms with van der Waals surface area (Å²) in [6.45, 7) is 6.04. The third-order valence-electron chi connectivity index (χ3n) is 2.66. The van der Waals surface area contributed by atoms with Gasteiger partial charge in [-0.05, 0) is 34.7 Å². The highest BCUT2D eigenvalue weighted by molar-refractivity contribution is 14.1. The minimum Gasteiger partial charge on any atom is -0.508 e. The molecule has 2 rings (SSSR count). The summed E-state index contributed by atoms with van der Waals surface area (Å²) in [5.41, 5.74) is 0.968. The molecule has 0 aliphatic heterocycles. The molecule has 1 aromatic carbocycles. The summed E-state index contributed by atoms with van der Waals surface area (Å²) in [5.74, 6) is -0.415. The van der Waals surface area contributed by atoms with Crippen molar-refractivity contribution >= 4 is 34.2 Å². The summed E-state index contributed by atoms with van der Waals surface area (Å²) in [6.07, 6.45) is 0. The van der Waals surface area contributed by atoms with Gasteiger partial charge in [0, 0.05) is 17.0 Å². The monoisotopic (exact) mass is 406 g/mol. The number of aromatic hydroxyl groups is 1. The number of phenolic OH excluding ortho intramolecular Hbond substituents is 1. The van der Waals surface area contributed by atoms with Crippen molar-refractivity contribution < 1.29 is 9.50 Å². The average Bonchev–Trinajstić information content (AvgIpc) is 2.29. The van der Waals surface area contributed by atoms with Crippen molar-refractivity contribution in [3.63, 3.8) is 0 Å². The van der Waals surface area contributed by atoms with Gasteiger partial charge in [-0.2, -0.15) is 0 Å². The van der Waals surface area contributed by atoms with Gasteiger partial charge in [0.15, 0.2) is 5.82 Å². The molecule has 0 spiro atoms. The molecule has 6 heteroatoms. The van der Waals surface area contributed by atoms with Crippen molar-refractivity contribution in [2.75, 3.05) is 0 Å². The van der Waals surface area contributed by atoms with Crippen LogP contribution in [-0.4, -0.2) is 15.1 Å². The number of rotatable bonds is 1. The van der Waals surface area contributed by atoms with Crippen LogP contribution in [-0.2, 0) is 5.41 Å². The van der Waals surface area contributed by atoms with Gasteiger partial charge in [0.05, 0.1) is 9.26 Å². The molecule has 0 fully saturated rings. The van der Waals surface area contributed by atoms with E-state index < -0.39 is 5.82 Å². The summed E-state index contributed by atoms with van der Waals surface area (Å²) in [7, 11) is 0. The van der Waals surface area contributed by atoms with E-state index in [0.29, 0.717) is 16.5 Å². The van der Waals surface area contributed by atoms with Crippen molar-refractivity contribution in [3.05, 3.63) is 38.4 Å². The van der Waals surface area contributed by atoms with Crippen LogP contribution in [0.2, 0.25) is 5.15 Å². The first kappa shape index (κ1) is 15.4. The SMILES string of the molecule is CC(C)(C)c1nc(-c2cc(O)cc(F)c2)nc(Cl)c1I. The zero-order chi connectivity index (χ0) is 15.1. The Morgan fingerprint density at radius 2 is 1.85 bits per heavy atom. The Kier molecular flexibility index (Phi) is 4.20. The van der Waals surface area contributed by atoms with Gasteiger partial charge >= 0.3 is 0 Å². The van der Waals surface area contributed by atoms with Crippen LogP contribution in [0.3, 0.4) is 0 Å². The topological polar surface area (TPSA) is 46.0 Å². The highest BCUT2D eigenvalue weighted by atomic mass is 127. The molecule has 0 unspecified atom stereocenters. The number of nitrogens with zero attached hydrogens (tertiary/aromatic N) is 2. The van der Waals surface area contributed by atoms with Crippen LogP contribution >= 0.6 is 34.2 Å². The van der Waals surface area contributed by atoms with E-state index in [2.05, 4.69) is 32.6 Å². The van der Waals surface area contributed by atoms with Crippen molar-refractivity contribution in [1.29, 1.82) is 0 Å². The van der Waals surface area contributed by atoms with Gasteiger partial charge in [0.25, 0.3) is 0 Å². The lowest BCUT2D eigenvalue weighted by molar-refractivity contribution is 0.469. The number of halogens is 3. The zero-order valence-corrected chi connectivity index (χ0v) is 14.1. The van der Waals surface area contributed by atoms with E-state index in [9.17, 15) is 9.50 Å². The predicted octanol–water partition coefficient (Wildman–Crippen LogP) is 4.54. The molecule has 0 radical (unpaired) electrons. The molecule has 0 bridgehead atoms. The van der Waals surface area contributed by atoms with Crippen LogP contribution in [0.5, 0.6) is 5.75 Å². The number of benzene rings is 1. The number of phenols is 1. The number of aromatic nitrogens is 2. The molecular formula is C14H13ClFIN2O. The fraction of sp³-hybridized carbons (Fsp3) is 0.286. The Morgan fingerprint density at radius 3 is 2.40 bits per heavy atom. The highest BCUT2D eigenvalue weighted by Gasteiger charge is 2.23. The summed E-state index contributed by atoms with van der Waals surface area (Å²) >= 11 is 8.24. The van der Waals surface area contributed by atoms with Crippen LogP contribution in [0.4, 0.5) is 4.39 Å². The molecule has 0 atom stereocenters.